The van der Waals surface area contributed by atoms with E-state index in [1.807, 2.05) is 4.68 Å². The van der Waals surface area contributed by atoms with Gasteiger partial charge < -0.3 is 5.32 Å². The molecular formula is C12H24N4. The van der Waals surface area contributed by atoms with Crippen LogP contribution in [0.25, 0.3) is 0 Å². The molecule has 1 unspecified atom stereocenters. The van der Waals surface area contributed by atoms with Crippen molar-refractivity contribution in [3.63, 3.8) is 0 Å². The van der Waals surface area contributed by atoms with Gasteiger partial charge in [-0.1, -0.05) is 20.8 Å². The molecule has 0 saturated carbocycles. The van der Waals surface area contributed by atoms with Gasteiger partial charge in [-0.3, -0.25) is 4.68 Å². The molecule has 0 amide bonds. The number of hydrogen-bond donors (Lipinski definition) is 1. The highest BCUT2D eigenvalue weighted by molar-refractivity contribution is 4.86. The highest BCUT2D eigenvalue weighted by Gasteiger charge is 2.08. The third-order valence-corrected chi connectivity index (χ3v) is 2.57. The minimum Gasteiger partial charge on any atom is -0.316 e. The lowest BCUT2D eigenvalue weighted by atomic mass is 10.1. The summed E-state index contributed by atoms with van der Waals surface area (Å²) in [5, 5.41) is 7.66. The third kappa shape index (κ3) is 4.31. The van der Waals surface area contributed by atoms with Gasteiger partial charge in [0.15, 0.2) is 0 Å². The normalized spacial score (nSPS) is 13.3. The molecule has 16 heavy (non-hydrogen) atoms. The first-order valence-corrected chi connectivity index (χ1v) is 6.20. The van der Waals surface area contributed by atoms with E-state index in [1.165, 1.54) is 0 Å². The highest BCUT2D eigenvalue weighted by Crippen LogP contribution is 2.04. The Bertz CT molecular complexity index is 293. The second kappa shape index (κ2) is 6.63. The molecule has 0 saturated heterocycles. The van der Waals surface area contributed by atoms with Crippen LogP contribution in [-0.2, 0) is 13.0 Å². The Morgan fingerprint density at radius 3 is 2.69 bits per heavy atom. The summed E-state index contributed by atoms with van der Waals surface area (Å²) in [5.41, 5.74) is 0. The van der Waals surface area contributed by atoms with E-state index < -0.39 is 0 Å². The van der Waals surface area contributed by atoms with E-state index in [-0.39, 0.29) is 0 Å². The van der Waals surface area contributed by atoms with Crippen LogP contribution in [0.3, 0.4) is 0 Å². The monoisotopic (exact) mass is 224 g/mol. The largest absolute Gasteiger partial charge is 0.316 e. The second-order valence-electron chi connectivity index (χ2n) is 4.85. The van der Waals surface area contributed by atoms with Crippen LogP contribution in [0.15, 0.2) is 6.33 Å². The van der Waals surface area contributed by atoms with Gasteiger partial charge in [-0.25, -0.2) is 4.98 Å². The standard InChI is InChI=1S/C12H24N4/c1-5-16-12(14-9-15-16)6-11(4)8-13-7-10(2)3/h9-11,13H,5-8H2,1-4H3. The van der Waals surface area contributed by atoms with Crippen molar-refractivity contribution >= 4 is 0 Å². The summed E-state index contributed by atoms with van der Waals surface area (Å²) in [5.74, 6) is 2.42. The molecule has 0 bridgehead atoms. The van der Waals surface area contributed by atoms with Gasteiger partial charge in [0.2, 0.25) is 0 Å². The Kier molecular flexibility index (Phi) is 5.46. The molecule has 1 atom stereocenters. The molecule has 0 aliphatic carbocycles. The van der Waals surface area contributed by atoms with Crippen molar-refractivity contribution in [2.45, 2.75) is 40.7 Å². The molecule has 1 aromatic heterocycles. The van der Waals surface area contributed by atoms with Crippen molar-refractivity contribution in [2.24, 2.45) is 11.8 Å². The maximum absolute atomic E-state index is 4.29. The van der Waals surface area contributed by atoms with Crippen molar-refractivity contribution < 1.29 is 0 Å². The van der Waals surface area contributed by atoms with E-state index in [0.717, 1.165) is 31.9 Å². The van der Waals surface area contributed by atoms with E-state index in [9.17, 15) is 0 Å². The minimum absolute atomic E-state index is 0.605. The van der Waals surface area contributed by atoms with Crippen LogP contribution >= 0.6 is 0 Å². The molecule has 4 nitrogen and oxygen atoms in total. The molecule has 92 valence electrons. The number of nitrogens with zero attached hydrogens (tertiary/aromatic N) is 3. The third-order valence-electron chi connectivity index (χ3n) is 2.57. The summed E-state index contributed by atoms with van der Waals surface area (Å²) in [4.78, 5) is 4.29. The summed E-state index contributed by atoms with van der Waals surface area (Å²) in [6, 6.07) is 0. The summed E-state index contributed by atoms with van der Waals surface area (Å²) < 4.78 is 1.97. The zero-order chi connectivity index (χ0) is 12.0. The van der Waals surface area contributed by atoms with E-state index in [2.05, 4.69) is 43.1 Å². The second-order valence-corrected chi connectivity index (χ2v) is 4.85. The number of nitrogens with one attached hydrogen (secondary N) is 1. The van der Waals surface area contributed by atoms with Gasteiger partial charge in [0.25, 0.3) is 0 Å². The molecule has 0 aromatic carbocycles. The molecule has 0 spiro atoms. The summed E-state index contributed by atoms with van der Waals surface area (Å²) in [6.45, 7) is 11.8. The maximum atomic E-state index is 4.29. The molecule has 4 heteroatoms. The zero-order valence-electron chi connectivity index (χ0n) is 10.9. The fourth-order valence-electron chi connectivity index (χ4n) is 1.71. The average molecular weight is 224 g/mol. The van der Waals surface area contributed by atoms with Gasteiger partial charge in [-0.05, 0) is 31.8 Å². The fourth-order valence-corrected chi connectivity index (χ4v) is 1.71. The summed E-state index contributed by atoms with van der Waals surface area (Å²) in [7, 11) is 0. The van der Waals surface area contributed by atoms with Gasteiger partial charge in [-0.2, -0.15) is 5.10 Å². The van der Waals surface area contributed by atoms with Gasteiger partial charge in [0, 0.05) is 13.0 Å². The molecule has 0 fully saturated rings. The van der Waals surface area contributed by atoms with Crippen LogP contribution in [0.1, 0.15) is 33.5 Å². The first kappa shape index (κ1) is 13.2. The molecule has 0 radical (unpaired) electrons. The molecular weight excluding hydrogens is 200 g/mol. The molecule has 1 heterocycles. The van der Waals surface area contributed by atoms with Crippen molar-refractivity contribution in [3.8, 4) is 0 Å². The first-order valence-electron chi connectivity index (χ1n) is 6.20. The molecule has 1 aromatic rings. The van der Waals surface area contributed by atoms with Crippen LogP contribution in [0.5, 0.6) is 0 Å². The predicted molar refractivity (Wildman–Crippen MR) is 66.3 cm³/mol. The van der Waals surface area contributed by atoms with Crippen LogP contribution < -0.4 is 5.32 Å². The van der Waals surface area contributed by atoms with Gasteiger partial charge >= 0.3 is 0 Å². The van der Waals surface area contributed by atoms with Crippen LogP contribution in [0.4, 0.5) is 0 Å². The number of aryl methyl sites for hydroxylation is 1. The van der Waals surface area contributed by atoms with Gasteiger partial charge in [0.1, 0.15) is 12.2 Å². The lowest BCUT2D eigenvalue weighted by molar-refractivity contribution is 0.456. The zero-order valence-corrected chi connectivity index (χ0v) is 10.9. The SMILES string of the molecule is CCn1ncnc1CC(C)CNCC(C)C. The smallest absolute Gasteiger partial charge is 0.138 e. The summed E-state index contributed by atoms with van der Waals surface area (Å²) >= 11 is 0. The molecule has 0 aliphatic heterocycles. The Labute approximate surface area is 98.5 Å². The van der Waals surface area contributed by atoms with Gasteiger partial charge in [-0.15, -0.1) is 0 Å². The quantitative estimate of drug-likeness (QED) is 0.767. The van der Waals surface area contributed by atoms with Crippen LogP contribution in [0.2, 0.25) is 0 Å². The lowest BCUT2D eigenvalue weighted by Crippen LogP contribution is -2.26. The molecule has 1 rings (SSSR count). The first-order chi connectivity index (χ1) is 7.63. The Hall–Kier alpha value is -0.900. The predicted octanol–water partition coefficient (Wildman–Crippen LogP) is 1.72. The Morgan fingerprint density at radius 2 is 2.06 bits per heavy atom. The van der Waals surface area contributed by atoms with Crippen molar-refractivity contribution in [1.82, 2.24) is 20.1 Å². The van der Waals surface area contributed by atoms with Crippen LogP contribution in [-0.4, -0.2) is 27.9 Å². The Balaban J connectivity index is 2.31. The van der Waals surface area contributed by atoms with Gasteiger partial charge in [0.05, 0.1) is 0 Å². The van der Waals surface area contributed by atoms with E-state index >= 15 is 0 Å². The fraction of sp³-hybridized carbons (Fsp3) is 0.833. The minimum atomic E-state index is 0.605. The van der Waals surface area contributed by atoms with Crippen molar-refractivity contribution in [3.05, 3.63) is 12.2 Å². The lowest BCUT2D eigenvalue weighted by Gasteiger charge is -2.13. The molecule has 1 N–H and O–H groups in total. The van der Waals surface area contributed by atoms with Crippen molar-refractivity contribution in [1.29, 1.82) is 0 Å². The van der Waals surface area contributed by atoms with Crippen LogP contribution in [0, 0.1) is 11.8 Å². The highest BCUT2D eigenvalue weighted by atomic mass is 15.3. The maximum Gasteiger partial charge on any atom is 0.138 e. The average Bonchev–Trinajstić information content (AvgIpc) is 2.64. The van der Waals surface area contributed by atoms with Crippen molar-refractivity contribution in [2.75, 3.05) is 13.1 Å². The van der Waals surface area contributed by atoms with E-state index in [0.29, 0.717) is 11.8 Å². The Morgan fingerprint density at radius 1 is 1.31 bits per heavy atom. The van der Waals surface area contributed by atoms with E-state index in [1.54, 1.807) is 6.33 Å². The number of aromatic nitrogens is 3. The van der Waals surface area contributed by atoms with E-state index in [4.69, 9.17) is 0 Å². The topological polar surface area (TPSA) is 42.7 Å². The molecule has 0 aliphatic rings. The summed E-state index contributed by atoms with van der Waals surface area (Å²) in [6.07, 6.45) is 2.64. The number of hydrogen-bond acceptors (Lipinski definition) is 3. The number of rotatable bonds is 7.